The zero-order valence-electron chi connectivity index (χ0n) is 12.5. The van der Waals surface area contributed by atoms with E-state index < -0.39 is 17.8 Å². The number of hydrogen-bond acceptors (Lipinski definition) is 3. The second kappa shape index (κ2) is 6.08. The summed E-state index contributed by atoms with van der Waals surface area (Å²) in [7, 11) is 1.65. The SMILES string of the molecule is CN1C(=O)C(CNC(=O)c2ccccc2F)Oc2ccccc21. The monoisotopic (exact) mass is 314 g/mol. The Labute approximate surface area is 132 Å². The van der Waals surface area contributed by atoms with Gasteiger partial charge in [-0.15, -0.1) is 0 Å². The van der Waals surface area contributed by atoms with Crippen molar-refractivity contribution < 1.29 is 18.7 Å². The molecule has 0 saturated heterocycles. The highest BCUT2D eigenvalue weighted by atomic mass is 19.1. The standard InChI is InChI=1S/C17H15FN2O3/c1-20-13-8-4-5-9-14(13)23-15(17(20)22)10-19-16(21)11-6-2-3-7-12(11)18/h2-9,15H,10H2,1H3,(H,19,21). The minimum Gasteiger partial charge on any atom is -0.477 e. The molecular weight excluding hydrogens is 299 g/mol. The Bertz CT molecular complexity index is 763. The Kier molecular flexibility index (Phi) is 3.97. The first-order chi connectivity index (χ1) is 11.1. The van der Waals surface area contributed by atoms with Crippen LogP contribution in [0.5, 0.6) is 5.75 Å². The number of para-hydroxylation sites is 2. The lowest BCUT2D eigenvalue weighted by molar-refractivity contribution is -0.125. The molecule has 0 fully saturated rings. The second-order valence-corrected chi connectivity index (χ2v) is 5.16. The van der Waals surface area contributed by atoms with Crippen LogP contribution in [0.1, 0.15) is 10.4 Å². The van der Waals surface area contributed by atoms with Crippen molar-refractivity contribution in [1.82, 2.24) is 5.32 Å². The summed E-state index contributed by atoms with van der Waals surface area (Å²) in [5.74, 6) is -0.887. The van der Waals surface area contributed by atoms with Crippen LogP contribution < -0.4 is 15.0 Å². The van der Waals surface area contributed by atoms with Gasteiger partial charge in [-0.05, 0) is 24.3 Å². The fraction of sp³-hybridized carbons (Fsp3) is 0.176. The van der Waals surface area contributed by atoms with Gasteiger partial charge in [0.2, 0.25) is 0 Å². The Morgan fingerprint density at radius 3 is 2.70 bits per heavy atom. The van der Waals surface area contributed by atoms with E-state index in [9.17, 15) is 14.0 Å². The topological polar surface area (TPSA) is 58.6 Å². The average molecular weight is 314 g/mol. The molecule has 3 rings (SSSR count). The zero-order chi connectivity index (χ0) is 16.4. The molecule has 118 valence electrons. The summed E-state index contributed by atoms with van der Waals surface area (Å²) in [6, 6.07) is 12.8. The van der Waals surface area contributed by atoms with E-state index in [-0.39, 0.29) is 18.0 Å². The first-order valence-electron chi connectivity index (χ1n) is 7.14. The van der Waals surface area contributed by atoms with Crippen LogP contribution >= 0.6 is 0 Å². The zero-order valence-corrected chi connectivity index (χ0v) is 12.5. The fourth-order valence-electron chi connectivity index (χ4n) is 2.43. The Balaban J connectivity index is 1.71. The predicted octanol–water partition coefficient (Wildman–Crippen LogP) is 1.98. The van der Waals surface area contributed by atoms with Crippen LogP contribution in [0.2, 0.25) is 0 Å². The van der Waals surface area contributed by atoms with E-state index >= 15 is 0 Å². The molecule has 0 aliphatic carbocycles. The summed E-state index contributed by atoms with van der Waals surface area (Å²) in [4.78, 5) is 25.8. The molecule has 1 aliphatic heterocycles. The first kappa shape index (κ1) is 15.0. The number of anilines is 1. The van der Waals surface area contributed by atoms with Gasteiger partial charge in [0.15, 0.2) is 6.10 Å². The number of ether oxygens (including phenoxy) is 1. The highest BCUT2D eigenvalue weighted by Crippen LogP contribution is 2.32. The van der Waals surface area contributed by atoms with Crippen molar-refractivity contribution in [3.05, 3.63) is 59.9 Å². The number of halogens is 1. The molecule has 0 saturated carbocycles. The van der Waals surface area contributed by atoms with E-state index in [1.54, 1.807) is 31.3 Å². The van der Waals surface area contributed by atoms with Crippen molar-refractivity contribution >= 4 is 17.5 Å². The van der Waals surface area contributed by atoms with E-state index in [2.05, 4.69) is 5.32 Å². The van der Waals surface area contributed by atoms with Gasteiger partial charge in [-0.1, -0.05) is 24.3 Å². The number of benzene rings is 2. The number of rotatable bonds is 3. The van der Waals surface area contributed by atoms with Crippen LogP contribution in [0.15, 0.2) is 48.5 Å². The number of amides is 2. The van der Waals surface area contributed by atoms with Crippen molar-refractivity contribution in [2.45, 2.75) is 6.10 Å². The normalized spacial score (nSPS) is 16.5. The largest absolute Gasteiger partial charge is 0.477 e. The van der Waals surface area contributed by atoms with Gasteiger partial charge in [0.25, 0.3) is 11.8 Å². The highest BCUT2D eigenvalue weighted by Gasteiger charge is 2.32. The smallest absolute Gasteiger partial charge is 0.269 e. The molecule has 1 N–H and O–H groups in total. The molecule has 2 aromatic rings. The van der Waals surface area contributed by atoms with Crippen LogP contribution in [0.3, 0.4) is 0 Å². The quantitative estimate of drug-likeness (QED) is 0.942. The molecule has 1 atom stereocenters. The average Bonchev–Trinajstić information content (AvgIpc) is 2.57. The molecule has 0 aromatic heterocycles. The number of carbonyl (C=O) groups excluding carboxylic acids is 2. The molecule has 23 heavy (non-hydrogen) atoms. The molecule has 1 aliphatic rings. The van der Waals surface area contributed by atoms with E-state index in [0.29, 0.717) is 11.4 Å². The maximum Gasteiger partial charge on any atom is 0.269 e. The lowest BCUT2D eigenvalue weighted by Crippen LogP contribution is -2.49. The van der Waals surface area contributed by atoms with Gasteiger partial charge in [0.1, 0.15) is 11.6 Å². The van der Waals surface area contributed by atoms with Gasteiger partial charge < -0.3 is 15.0 Å². The molecule has 2 amide bonds. The summed E-state index contributed by atoms with van der Waals surface area (Å²) >= 11 is 0. The Morgan fingerprint density at radius 2 is 1.91 bits per heavy atom. The number of hydrogen-bond donors (Lipinski definition) is 1. The molecule has 0 spiro atoms. The fourth-order valence-corrected chi connectivity index (χ4v) is 2.43. The lowest BCUT2D eigenvalue weighted by Gasteiger charge is -2.31. The molecule has 6 heteroatoms. The predicted molar refractivity (Wildman–Crippen MR) is 83.0 cm³/mol. The minimum absolute atomic E-state index is 0.0370. The molecule has 2 aromatic carbocycles. The lowest BCUT2D eigenvalue weighted by atomic mass is 10.1. The molecule has 1 heterocycles. The van der Waals surface area contributed by atoms with Crippen molar-refractivity contribution in [3.8, 4) is 5.75 Å². The van der Waals surface area contributed by atoms with Gasteiger partial charge in [-0.3, -0.25) is 9.59 Å². The molecule has 5 nitrogen and oxygen atoms in total. The summed E-state index contributed by atoms with van der Waals surface area (Å²) < 4.78 is 19.2. The third kappa shape index (κ3) is 2.88. The van der Waals surface area contributed by atoms with Crippen LogP contribution in [0.4, 0.5) is 10.1 Å². The molecule has 1 unspecified atom stereocenters. The van der Waals surface area contributed by atoms with Crippen molar-refractivity contribution in [2.75, 3.05) is 18.5 Å². The van der Waals surface area contributed by atoms with Crippen molar-refractivity contribution in [1.29, 1.82) is 0 Å². The number of fused-ring (bicyclic) bond motifs is 1. The maximum atomic E-state index is 13.6. The summed E-state index contributed by atoms with van der Waals surface area (Å²) in [5, 5.41) is 2.54. The number of carbonyl (C=O) groups is 2. The molecular formula is C17H15FN2O3. The Morgan fingerprint density at radius 1 is 1.22 bits per heavy atom. The van der Waals surface area contributed by atoms with Crippen LogP contribution in [0.25, 0.3) is 0 Å². The van der Waals surface area contributed by atoms with Crippen LogP contribution in [-0.2, 0) is 4.79 Å². The minimum atomic E-state index is -0.842. The third-order valence-corrected chi connectivity index (χ3v) is 3.67. The maximum absolute atomic E-state index is 13.6. The number of likely N-dealkylation sites (N-methyl/N-ethyl adjacent to an activating group) is 1. The molecule has 0 bridgehead atoms. The van der Waals surface area contributed by atoms with Crippen molar-refractivity contribution in [3.63, 3.8) is 0 Å². The van der Waals surface area contributed by atoms with Gasteiger partial charge in [0.05, 0.1) is 17.8 Å². The van der Waals surface area contributed by atoms with Crippen molar-refractivity contribution in [2.24, 2.45) is 0 Å². The second-order valence-electron chi connectivity index (χ2n) is 5.16. The van der Waals surface area contributed by atoms with E-state index in [1.807, 2.05) is 6.07 Å². The summed E-state index contributed by atoms with van der Waals surface area (Å²) in [5.41, 5.74) is 0.610. The number of nitrogens with zero attached hydrogens (tertiary/aromatic N) is 1. The third-order valence-electron chi connectivity index (χ3n) is 3.67. The van der Waals surface area contributed by atoms with E-state index in [1.165, 1.54) is 23.1 Å². The number of nitrogens with one attached hydrogen (secondary N) is 1. The van der Waals surface area contributed by atoms with Gasteiger partial charge in [0, 0.05) is 7.05 Å². The van der Waals surface area contributed by atoms with E-state index in [0.717, 1.165) is 0 Å². The highest BCUT2D eigenvalue weighted by molar-refractivity contribution is 6.00. The van der Waals surface area contributed by atoms with E-state index in [4.69, 9.17) is 4.74 Å². The summed E-state index contributed by atoms with van der Waals surface area (Å²) in [6.45, 7) is -0.0370. The van der Waals surface area contributed by atoms with Gasteiger partial charge in [-0.25, -0.2) is 4.39 Å². The summed E-state index contributed by atoms with van der Waals surface area (Å²) in [6.07, 6.45) is -0.842. The van der Waals surface area contributed by atoms with Crippen LogP contribution in [0, 0.1) is 5.82 Å². The van der Waals surface area contributed by atoms with Gasteiger partial charge in [-0.2, -0.15) is 0 Å². The van der Waals surface area contributed by atoms with Gasteiger partial charge >= 0.3 is 0 Å². The Hall–Kier alpha value is -2.89. The van der Waals surface area contributed by atoms with Crippen LogP contribution in [-0.4, -0.2) is 31.5 Å². The molecule has 0 radical (unpaired) electrons. The first-order valence-corrected chi connectivity index (χ1v) is 7.14.